The van der Waals surface area contributed by atoms with Crippen LogP contribution in [0.25, 0.3) is 22.2 Å². The molecule has 1 fully saturated rings. The number of carbonyl (C=O) groups is 1. The third kappa shape index (κ3) is 3.09. The molecule has 0 bridgehead atoms. The van der Waals surface area contributed by atoms with Crippen molar-refractivity contribution in [3.63, 3.8) is 0 Å². The van der Waals surface area contributed by atoms with Gasteiger partial charge in [0, 0.05) is 42.7 Å². The molecule has 1 aliphatic rings. The molecular weight excluding hydrogens is 340 g/mol. The first-order chi connectivity index (χ1) is 13.0. The van der Waals surface area contributed by atoms with Crippen LogP contribution in [0.2, 0.25) is 0 Å². The van der Waals surface area contributed by atoms with Crippen LogP contribution in [0.5, 0.6) is 0 Å². The quantitative estimate of drug-likeness (QED) is 0.648. The van der Waals surface area contributed by atoms with Gasteiger partial charge in [-0.1, -0.05) is 30.0 Å². The first-order valence-corrected chi connectivity index (χ1v) is 8.59. The molecule has 1 saturated heterocycles. The molecule has 6 nitrogen and oxygen atoms in total. The van der Waals surface area contributed by atoms with Gasteiger partial charge < -0.3 is 15.7 Å². The predicted molar refractivity (Wildman–Crippen MR) is 103 cm³/mol. The molecule has 0 radical (unpaired) electrons. The molecule has 3 N–H and O–H groups in total. The average molecular weight is 358 g/mol. The van der Waals surface area contributed by atoms with Gasteiger partial charge in [-0.2, -0.15) is 0 Å². The van der Waals surface area contributed by atoms with E-state index in [4.69, 9.17) is 5.73 Å². The number of hydrogen-bond donors (Lipinski definition) is 2. The summed E-state index contributed by atoms with van der Waals surface area (Å²) in [6.07, 6.45) is 1.97. The van der Waals surface area contributed by atoms with Crippen LogP contribution in [0.1, 0.15) is 12.0 Å². The minimum atomic E-state index is -1.61. The first kappa shape index (κ1) is 17.0. The molecule has 3 heterocycles. The molecule has 1 aromatic carbocycles. The summed E-state index contributed by atoms with van der Waals surface area (Å²) in [4.78, 5) is 22.2. The summed E-state index contributed by atoms with van der Waals surface area (Å²) in [6.45, 7) is 0.501. The molecule has 3 aromatic rings. The van der Waals surface area contributed by atoms with Crippen LogP contribution in [-0.2, 0) is 4.79 Å². The monoisotopic (exact) mass is 358 g/mol. The fraction of sp³-hybridized carbons (Fsp3) is 0.190. The zero-order valence-electron chi connectivity index (χ0n) is 14.8. The van der Waals surface area contributed by atoms with Crippen LogP contribution in [-0.4, -0.2) is 45.1 Å². The van der Waals surface area contributed by atoms with Crippen molar-refractivity contribution in [3.05, 3.63) is 54.2 Å². The average Bonchev–Trinajstić information content (AvgIpc) is 2.95. The summed E-state index contributed by atoms with van der Waals surface area (Å²) in [5.74, 6) is 5.69. The minimum Gasteiger partial charge on any atom is -0.382 e. The maximum Gasteiger partial charge on any atom is 0.267 e. The standard InChI is InChI=1S/C21H18N4O2/c1-25-12-10-21(27,20(25)26)9-7-14-3-2-4-16(13-14)17-6-5-15-8-11-23-19(22)18(15)24-17/h2-6,8,11,13,27H,10,12H2,1H3,(H2,22,23)/t21-/m0/s1. The Hall–Kier alpha value is -3.43. The predicted octanol–water partition coefficient (Wildman–Crippen LogP) is 1.82. The SMILES string of the molecule is CN1CC[C@@](O)(C#Cc2cccc(-c3ccc4ccnc(N)c4n3)c2)C1=O. The van der Waals surface area contributed by atoms with Gasteiger partial charge in [-0.3, -0.25) is 4.79 Å². The van der Waals surface area contributed by atoms with Crippen molar-refractivity contribution < 1.29 is 9.90 Å². The molecule has 1 atom stereocenters. The van der Waals surface area contributed by atoms with Gasteiger partial charge in [-0.15, -0.1) is 0 Å². The molecule has 1 aliphatic heterocycles. The molecule has 2 aromatic heterocycles. The Morgan fingerprint density at radius 2 is 2.11 bits per heavy atom. The topological polar surface area (TPSA) is 92.3 Å². The van der Waals surface area contributed by atoms with Gasteiger partial charge in [0.05, 0.1) is 5.69 Å². The van der Waals surface area contributed by atoms with Crippen molar-refractivity contribution in [2.45, 2.75) is 12.0 Å². The van der Waals surface area contributed by atoms with Crippen molar-refractivity contribution in [1.82, 2.24) is 14.9 Å². The van der Waals surface area contributed by atoms with Crippen molar-refractivity contribution >= 4 is 22.6 Å². The molecule has 4 rings (SSSR count). The summed E-state index contributed by atoms with van der Waals surface area (Å²) < 4.78 is 0. The van der Waals surface area contributed by atoms with Crippen LogP contribution >= 0.6 is 0 Å². The molecule has 27 heavy (non-hydrogen) atoms. The van der Waals surface area contributed by atoms with E-state index in [0.29, 0.717) is 29.9 Å². The second-order valence-corrected chi connectivity index (χ2v) is 6.63. The van der Waals surface area contributed by atoms with Crippen molar-refractivity contribution in [2.75, 3.05) is 19.3 Å². The van der Waals surface area contributed by atoms with Gasteiger partial charge in [0.25, 0.3) is 5.91 Å². The molecule has 134 valence electrons. The van der Waals surface area contributed by atoms with Crippen LogP contribution in [0.3, 0.4) is 0 Å². The number of nitrogens with two attached hydrogens (primary N) is 1. The Balaban J connectivity index is 1.69. The molecule has 0 spiro atoms. The lowest BCUT2D eigenvalue weighted by molar-refractivity contribution is -0.137. The summed E-state index contributed by atoms with van der Waals surface area (Å²) in [5.41, 5.74) is 7.30. The smallest absolute Gasteiger partial charge is 0.267 e. The fourth-order valence-electron chi connectivity index (χ4n) is 3.13. The Kier molecular flexibility index (Phi) is 4.02. The van der Waals surface area contributed by atoms with Gasteiger partial charge >= 0.3 is 0 Å². The number of pyridine rings is 2. The Labute approximate surface area is 156 Å². The number of fused-ring (bicyclic) bond motifs is 1. The third-order valence-electron chi connectivity index (χ3n) is 4.72. The fourth-order valence-corrected chi connectivity index (χ4v) is 3.13. The highest BCUT2D eigenvalue weighted by Crippen LogP contribution is 2.24. The van der Waals surface area contributed by atoms with Gasteiger partial charge in [0.15, 0.2) is 0 Å². The number of aromatic nitrogens is 2. The Morgan fingerprint density at radius 1 is 1.26 bits per heavy atom. The van der Waals surface area contributed by atoms with Crippen LogP contribution in [0, 0.1) is 11.8 Å². The Morgan fingerprint density at radius 3 is 2.89 bits per heavy atom. The number of amides is 1. The molecule has 0 aliphatic carbocycles. The number of carbonyl (C=O) groups excluding carboxylic acids is 1. The number of rotatable bonds is 1. The molecule has 0 saturated carbocycles. The van der Waals surface area contributed by atoms with E-state index in [0.717, 1.165) is 16.6 Å². The second kappa shape index (κ2) is 6.38. The van der Waals surface area contributed by atoms with E-state index in [-0.39, 0.29) is 5.91 Å². The third-order valence-corrected chi connectivity index (χ3v) is 4.72. The first-order valence-electron chi connectivity index (χ1n) is 8.59. The summed E-state index contributed by atoms with van der Waals surface area (Å²) >= 11 is 0. The molecule has 1 amide bonds. The highest BCUT2D eigenvalue weighted by molar-refractivity contribution is 5.91. The van der Waals surface area contributed by atoms with E-state index in [1.807, 2.05) is 42.5 Å². The number of hydrogen-bond acceptors (Lipinski definition) is 5. The van der Waals surface area contributed by atoms with Crippen LogP contribution in [0.4, 0.5) is 5.82 Å². The molecule has 6 heteroatoms. The summed E-state index contributed by atoms with van der Waals surface area (Å²) in [5, 5.41) is 11.4. The van der Waals surface area contributed by atoms with E-state index < -0.39 is 5.60 Å². The zero-order valence-corrected chi connectivity index (χ0v) is 14.8. The van der Waals surface area contributed by atoms with Gasteiger partial charge in [-0.25, -0.2) is 9.97 Å². The highest BCUT2D eigenvalue weighted by Gasteiger charge is 2.42. The van der Waals surface area contributed by atoms with E-state index in [2.05, 4.69) is 21.8 Å². The Bertz CT molecular complexity index is 1120. The normalized spacial score (nSPS) is 19.2. The largest absolute Gasteiger partial charge is 0.382 e. The minimum absolute atomic E-state index is 0.313. The van der Waals surface area contributed by atoms with Gasteiger partial charge in [0.2, 0.25) is 5.60 Å². The number of benzene rings is 1. The van der Waals surface area contributed by atoms with E-state index in [1.165, 1.54) is 4.90 Å². The van der Waals surface area contributed by atoms with Gasteiger partial charge in [-0.05, 0) is 24.3 Å². The maximum atomic E-state index is 12.0. The van der Waals surface area contributed by atoms with Crippen molar-refractivity contribution in [1.29, 1.82) is 0 Å². The number of aliphatic hydroxyl groups is 1. The van der Waals surface area contributed by atoms with Gasteiger partial charge in [0.1, 0.15) is 11.3 Å². The second-order valence-electron chi connectivity index (χ2n) is 6.63. The lowest BCUT2D eigenvalue weighted by Gasteiger charge is -2.13. The highest BCUT2D eigenvalue weighted by atomic mass is 16.3. The van der Waals surface area contributed by atoms with Crippen molar-refractivity contribution in [3.8, 4) is 23.1 Å². The maximum absolute atomic E-state index is 12.0. The molecular formula is C21H18N4O2. The lowest BCUT2D eigenvalue weighted by atomic mass is 10.0. The van der Waals surface area contributed by atoms with E-state index in [1.54, 1.807) is 13.2 Å². The summed E-state index contributed by atoms with van der Waals surface area (Å²) in [7, 11) is 1.66. The van der Waals surface area contributed by atoms with E-state index >= 15 is 0 Å². The molecule has 0 unspecified atom stereocenters. The van der Waals surface area contributed by atoms with E-state index in [9.17, 15) is 9.90 Å². The number of likely N-dealkylation sites (N-methyl/N-ethyl adjacent to an activating group) is 1. The number of nitrogen functional groups attached to an aromatic ring is 1. The van der Waals surface area contributed by atoms with Crippen molar-refractivity contribution in [2.24, 2.45) is 0 Å². The van der Waals surface area contributed by atoms with Crippen LogP contribution in [0.15, 0.2) is 48.7 Å². The lowest BCUT2D eigenvalue weighted by Crippen LogP contribution is -2.37. The van der Waals surface area contributed by atoms with Crippen LogP contribution < -0.4 is 5.73 Å². The number of nitrogens with zero attached hydrogens (tertiary/aromatic N) is 3. The zero-order chi connectivity index (χ0) is 19.0. The number of anilines is 1. The summed E-state index contributed by atoms with van der Waals surface area (Å²) in [6, 6.07) is 13.2. The number of likely N-dealkylation sites (tertiary alicyclic amines) is 1.